The highest BCUT2D eigenvalue weighted by Crippen LogP contribution is 2.17. The Kier molecular flexibility index (Phi) is 17.8. The Morgan fingerprint density at radius 3 is 1.89 bits per heavy atom. The number of nitrogens with zero attached hydrogens (tertiary/aromatic N) is 1. The molecule has 18 heteroatoms. The number of hydrogen-bond donors (Lipinski definition) is 4. The van der Waals surface area contributed by atoms with Gasteiger partial charge in [0, 0.05) is 23.8 Å². The van der Waals surface area contributed by atoms with E-state index >= 15 is 0 Å². The summed E-state index contributed by atoms with van der Waals surface area (Å²) < 4.78 is 39.8. The average molecular weight is 886 g/mol. The Bertz CT molecular complexity index is 2190. The van der Waals surface area contributed by atoms with Crippen molar-refractivity contribution in [2.45, 2.75) is 117 Å². The number of pyridine rings is 1. The molecule has 4 atom stereocenters. The van der Waals surface area contributed by atoms with Crippen molar-refractivity contribution in [1.82, 2.24) is 26.3 Å². The molecule has 3 aromatic rings. The van der Waals surface area contributed by atoms with Gasteiger partial charge in [-0.05, 0) is 71.2 Å². The average Bonchev–Trinajstić information content (AvgIpc) is 3.13. The van der Waals surface area contributed by atoms with Crippen molar-refractivity contribution in [1.29, 1.82) is 0 Å². The number of carbonyl (C=O) groups is 6. The van der Waals surface area contributed by atoms with Crippen LogP contribution in [0.3, 0.4) is 0 Å². The standard InChI is InChI=1S/C43H56ClN5O11S/c1-26(2)37(40(54)46-30(22-34(44)61(9,56)57)23-35(50)59-42(3,4)5)49-39(53)32(21-29-20-19-28-17-13-14-18-31(28)45-29)47-38(52)33(24-36(51)60-43(6,7)8)48-41(55)58-25-27-15-11-10-12-16-27/h10-20,22,26,30,32-33,37H,21,23-25H2,1-9H3,(H,46,54)(H,47,52)(H,48,55)(H,49,53)/b34-22+/t30-,32+,33+,37+/m1/s1. The molecule has 0 bridgehead atoms. The van der Waals surface area contributed by atoms with E-state index in [4.69, 9.17) is 25.8 Å². The predicted octanol–water partition coefficient (Wildman–Crippen LogP) is 4.77. The zero-order valence-electron chi connectivity index (χ0n) is 35.9. The minimum atomic E-state index is -3.93. The molecule has 0 aliphatic carbocycles. The first-order valence-electron chi connectivity index (χ1n) is 19.5. The Morgan fingerprint density at radius 2 is 1.30 bits per heavy atom. The van der Waals surface area contributed by atoms with Crippen LogP contribution in [0.5, 0.6) is 0 Å². The van der Waals surface area contributed by atoms with Crippen molar-refractivity contribution >= 4 is 68.1 Å². The molecule has 0 aliphatic heterocycles. The van der Waals surface area contributed by atoms with Crippen LogP contribution in [0.25, 0.3) is 10.9 Å². The maximum Gasteiger partial charge on any atom is 0.408 e. The number of carbonyl (C=O) groups excluding carboxylic acids is 6. The number of amides is 4. The zero-order valence-corrected chi connectivity index (χ0v) is 37.4. The Hall–Kier alpha value is -5.55. The number of sulfone groups is 1. The first-order valence-corrected chi connectivity index (χ1v) is 21.8. The van der Waals surface area contributed by atoms with Gasteiger partial charge in [-0.25, -0.2) is 13.2 Å². The second-order valence-electron chi connectivity index (χ2n) is 16.7. The third-order valence-electron chi connectivity index (χ3n) is 8.38. The van der Waals surface area contributed by atoms with Crippen LogP contribution >= 0.6 is 11.6 Å². The van der Waals surface area contributed by atoms with Crippen LogP contribution in [0.2, 0.25) is 0 Å². The maximum absolute atomic E-state index is 14.3. The second kappa shape index (κ2) is 21.8. The van der Waals surface area contributed by atoms with Gasteiger partial charge in [0.05, 0.1) is 24.4 Å². The monoisotopic (exact) mass is 885 g/mol. The lowest BCUT2D eigenvalue weighted by atomic mass is 10.0. The summed E-state index contributed by atoms with van der Waals surface area (Å²) in [6, 6.07) is 13.8. The molecule has 1 aromatic heterocycles. The van der Waals surface area contributed by atoms with Crippen molar-refractivity contribution in [3.63, 3.8) is 0 Å². The summed E-state index contributed by atoms with van der Waals surface area (Å²) in [7, 11) is -3.93. The van der Waals surface area contributed by atoms with Gasteiger partial charge in [0.25, 0.3) is 0 Å². The number of ether oxygens (including phenoxy) is 3. The third kappa shape index (κ3) is 17.9. The van der Waals surface area contributed by atoms with Crippen LogP contribution in [0, 0.1) is 5.92 Å². The Morgan fingerprint density at radius 1 is 0.721 bits per heavy atom. The van der Waals surface area contributed by atoms with E-state index in [1.54, 1.807) is 110 Å². The molecule has 0 saturated carbocycles. The van der Waals surface area contributed by atoms with Crippen LogP contribution in [0.1, 0.15) is 79.5 Å². The normalized spacial score (nSPS) is 14.2. The zero-order chi connectivity index (χ0) is 45.7. The fourth-order valence-corrected chi connectivity index (χ4v) is 6.20. The number of hydrogen-bond acceptors (Lipinski definition) is 12. The predicted molar refractivity (Wildman–Crippen MR) is 229 cm³/mol. The molecule has 4 amide bonds. The smallest absolute Gasteiger partial charge is 0.408 e. The molecule has 0 saturated heterocycles. The van der Waals surface area contributed by atoms with Gasteiger partial charge in [-0.15, -0.1) is 0 Å². The highest BCUT2D eigenvalue weighted by Gasteiger charge is 2.34. The van der Waals surface area contributed by atoms with Gasteiger partial charge in [-0.3, -0.25) is 29.0 Å². The number of esters is 2. The SMILES string of the molecule is CC(C)[C@H](NC(=O)[C@H](Cc1ccc2ccccc2n1)NC(=O)[C@H](CC(=O)OC(C)(C)C)NC(=O)OCc1ccccc1)C(=O)N[C@H](/C=C(\Cl)S(C)(=O)=O)CC(=O)OC(C)(C)C. The number of halogens is 1. The van der Waals surface area contributed by atoms with E-state index in [1.807, 2.05) is 12.1 Å². The van der Waals surface area contributed by atoms with E-state index in [0.29, 0.717) is 16.8 Å². The van der Waals surface area contributed by atoms with Gasteiger partial charge < -0.3 is 35.5 Å². The summed E-state index contributed by atoms with van der Waals surface area (Å²) >= 11 is 6.04. The van der Waals surface area contributed by atoms with Crippen LogP contribution < -0.4 is 21.3 Å². The number of alkyl carbamates (subject to hydrolysis) is 1. The first kappa shape index (κ1) is 49.8. The summed E-state index contributed by atoms with van der Waals surface area (Å²) in [6.45, 7) is 12.9. The lowest BCUT2D eigenvalue weighted by Gasteiger charge is -2.28. The minimum Gasteiger partial charge on any atom is -0.460 e. The Labute approximate surface area is 361 Å². The van der Waals surface area contributed by atoms with Gasteiger partial charge in [0.15, 0.2) is 9.84 Å². The van der Waals surface area contributed by atoms with E-state index in [1.165, 1.54) is 0 Å². The number of fused-ring (bicyclic) bond motifs is 1. The molecule has 2 aromatic carbocycles. The van der Waals surface area contributed by atoms with Crippen LogP contribution in [0.4, 0.5) is 4.79 Å². The van der Waals surface area contributed by atoms with Crippen LogP contribution in [0.15, 0.2) is 77.2 Å². The molecule has 332 valence electrons. The number of benzene rings is 2. The van der Waals surface area contributed by atoms with Crippen molar-refractivity contribution in [2.75, 3.05) is 6.26 Å². The second-order valence-corrected chi connectivity index (χ2v) is 19.3. The summed E-state index contributed by atoms with van der Waals surface area (Å²) in [5.74, 6) is -4.81. The molecule has 1 heterocycles. The number of aromatic nitrogens is 1. The van der Waals surface area contributed by atoms with Crippen molar-refractivity contribution in [2.24, 2.45) is 5.92 Å². The summed E-state index contributed by atoms with van der Waals surface area (Å²) in [4.78, 5) is 85.7. The van der Waals surface area contributed by atoms with Gasteiger partial charge in [-0.1, -0.05) is 80.0 Å². The molecule has 4 N–H and O–H groups in total. The van der Waals surface area contributed by atoms with E-state index in [9.17, 15) is 37.2 Å². The van der Waals surface area contributed by atoms with Crippen molar-refractivity contribution in [3.05, 3.63) is 88.4 Å². The van der Waals surface area contributed by atoms with E-state index in [-0.39, 0.29) is 13.0 Å². The lowest BCUT2D eigenvalue weighted by molar-refractivity contribution is -0.157. The summed E-state index contributed by atoms with van der Waals surface area (Å²) in [6.07, 6.45) is -0.511. The number of rotatable bonds is 18. The highest BCUT2D eigenvalue weighted by molar-refractivity contribution is 7.96. The summed E-state index contributed by atoms with van der Waals surface area (Å²) in [5, 5.41) is 11.1. The van der Waals surface area contributed by atoms with Crippen LogP contribution in [-0.4, -0.2) is 90.8 Å². The van der Waals surface area contributed by atoms with Gasteiger partial charge in [0.2, 0.25) is 17.7 Å². The third-order valence-corrected chi connectivity index (χ3v) is 10.2. The fourth-order valence-electron chi connectivity index (χ4n) is 5.64. The van der Waals surface area contributed by atoms with E-state index in [0.717, 1.165) is 17.7 Å². The van der Waals surface area contributed by atoms with Gasteiger partial charge in [-0.2, -0.15) is 0 Å². The quantitative estimate of drug-likeness (QED) is 0.100. The molecule has 0 spiro atoms. The Balaban J connectivity index is 1.96. The first-order chi connectivity index (χ1) is 28.3. The van der Waals surface area contributed by atoms with Crippen molar-refractivity contribution < 1.29 is 51.4 Å². The fraction of sp³-hybridized carbons (Fsp3) is 0.465. The molecule has 16 nitrogen and oxygen atoms in total. The molecule has 61 heavy (non-hydrogen) atoms. The molecule has 0 unspecified atom stereocenters. The van der Waals surface area contributed by atoms with E-state index < -0.39 is 104 Å². The molecule has 0 radical (unpaired) electrons. The molecular weight excluding hydrogens is 830 g/mol. The lowest BCUT2D eigenvalue weighted by Crippen LogP contribution is -2.59. The highest BCUT2D eigenvalue weighted by atomic mass is 35.5. The summed E-state index contributed by atoms with van der Waals surface area (Å²) in [5.41, 5.74) is -0.178. The number of nitrogens with one attached hydrogen (secondary N) is 4. The molecule has 3 rings (SSSR count). The molecule has 0 aliphatic rings. The maximum atomic E-state index is 14.3. The van der Waals surface area contributed by atoms with E-state index in [2.05, 4.69) is 26.3 Å². The topological polar surface area (TPSA) is 225 Å². The molecule has 0 fully saturated rings. The molecular formula is C43H56ClN5O11S. The van der Waals surface area contributed by atoms with Crippen LogP contribution in [-0.2, 0) is 61.0 Å². The van der Waals surface area contributed by atoms with Gasteiger partial charge >= 0.3 is 18.0 Å². The number of para-hydroxylation sites is 1. The van der Waals surface area contributed by atoms with Crippen molar-refractivity contribution in [3.8, 4) is 0 Å². The van der Waals surface area contributed by atoms with Gasteiger partial charge in [0.1, 0.15) is 40.3 Å². The largest absolute Gasteiger partial charge is 0.460 e. The minimum absolute atomic E-state index is 0.139.